The van der Waals surface area contributed by atoms with E-state index in [2.05, 4.69) is 16.0 Å². The normalized spacial score (nSPS) is 17.5. The van der Waals surface area contributed by atoms with Gasteiger partial charge in [0.15, 0.2) is 16.6 Å². The van der Waals surface area contributed by atoms with E-state index < -0.39 is 6.04 Å². The molecule has 0 saturated carbocycles. The molecule has 1 heterocycles. The van der Waals surface area contributed by atoms with E-state index in [1.54, 1.807) is 27.3 Å². The number of allylic oxidation sites excluding steroid dienone is 1. The fourth-order valence-corrected chi connectivity index (χ4v) is 2.77. The number of hydrogen-bond acceptors (Lipinski definition) is 4. The minimum atomic E-state index is -0.418. The molecule has 1 aromatic rings. The van der Waals surface area contributed by atoms with Crippen LogP contribution >= 0.6 is 12.2 Å². The highest BCUT2D eigenvalue weighted by molar-refractivity contribution is 7.80. The smallest absolute Gasteiger partial charge is 0.251 e. The van der Waals surface area contributed by atoms with E-state index in [4.69, 9.17) is 21.7 Å². The molecule has 7 heteroatoms. The van der Waals surface area contributed by atoms with Gasteiger partial charge in [-0.15, -0.1) is 0 Å². The standard InChI is InChI=1S/C15H19N3O3S/c1-8-11(14(19)16-2)12(18-15(22)17-8)9-6-5-7-10(20-3)13(9)21-4/h5-7,12H,1-4H3,(H,16,19)(H2,17,18,22)/t12-/m0/s1. The monoisotopic (exact) mass is 321 g/mol. The Morgan fingerprint density at radius 3 is 2.64 bits per heavy atom. The van der Waals surface area contributed by atoms with E-state index in [9.17, 15) is 4.79 Å². The van der Waals surface area contributed by atoms with Crippen molar-refractivity contribution in [2.75, 3.05) is 21.3 Å². The summed E-state index contributed by atoms with van der Waals surface area (Å²) in [5, 5.41) is 9.21. The minimum absolute atomic E-state index is 0.185. The lowest BCUT2D eigenvalue weighted by molar-refractivity contribution is -0.117. The fourth-order valence-electron chi connectivity index (χ4n) is 2.50. The van der Waals surface area contributed by atoms with Gasteiger partial charge in [-0.05, 0) is 25.2 Å². The third-order valence-corrected chi connectivity index (χ3v) is 3.71. The van der Waals surface area contributed by atoms with Crippen LogP contribution in [0.15, 0.2) is 29.5 Å². The van der Waals surface area contributed by atoms with Gasteiger partial charge in [0, 0.05) is 18.3 Å². The summed E-state index contributed by atoms with van der Waals surface area (Å²) in [6.45, 7) is 1.82. The van der Waals surface area contributed by atoms with Gasteiger partial charge < -0.3 is 25.4 Å². The predicted octanol–water partition coefficient (Wildman–Crippen LogP) is 1.24. The first kappa shape index (κ1) is 16.1. The SMILES string of the molecule is CNC(=O)C1=C(C)NC(=S)N[C@H]1c1cccc(OC)c1OC. The van der Waals surface area contributed by atoms with Gasteiger partial charge in [-0.2, -0.15) is 0 Å². The Balaban J connectivity index is 2.60. The number of rotatable bonds is 4. The molecule has 0 aliphatic carbocycles. The summed E-state index contributed by atoms with van der Waals surface area (Å²) in [6, 6.07) is 5.11. The molecule has 1 aliphatic heterocycles. The highest BCUT2D eigenvalue weighted by Crippen LogP contribution is 2.38. The van der Waals surface area contributed by atoms with Crippen LogP contribution in [0.5, 0.6) is 11.5 Å². The number of carbonyl (C=O) groups is 1. The number of para-hydroxylation sites is 1. The Bertz CT molecular complexity index is 643. The molecule has 3 N–H and O–H groups in total. The number of ether oxygens (including phenoxy) is 2. The molecule has 0 bridgehead atoms. The van der Waals surface area contributed by atoms with E-state index in [0.29, 0.717) is 27.9 Å². The molecule has 0 aromatic heterocycles. The Hall–Kier alpha value is -2.28. The molecule has 22 heavy (non-hydrogen) atoms. The molecular formula is C15H19N3O3S. The van der Waals surface area contributed by atoms with Gasteiger partial charge >= 0.3 is 0 Å². The van der Waals surface area contributed by atoms with Crippen molar-refractivity contribution in [1.82, 2.24) is 16.0 Å². The van der Waals surface area contributed by atoms with Crippen molar-refractivity contribution in [3.05, 3.63) is 35.0 Å². The number of thiocarbonyl (C=S) groups is 1. The third kappa shape index (κ3) is 2.85. The molecule has 1 aliphatic rings. The quantitative estimate of drug-likeness (QED) is 0.725. The number of nitrogens with one attached hydrogen (secondary N) is 3. The molecule has 2 rings (SSSR count). The second kappa shape index (κ2) is 6.65. The zero-order valence-electron chi connectivity index (χ0n) is 12.9. The van der Waals surface area contributed by atoms with Crippen molar-refractivity contribution in [2.24, 2.45) is 0 Å². The highest BCUT2D eigenvalue weighted by Gasteiger charge is 2.32. The molecule has 0 saturated heterocycles. The van der Waals surface area contributed by atoms with E-state index >= 15 is 0 Å². The van der Waals surface area contributed by atoms with E-state index in [1.807, 2.05) is 19.1 Å². The summed E-state index contributed by atoms with van der Waals surface area (Å²) in [4.78, 5) is 12.3. The molecule has 0 spiro atoms. The van der Waals surface area contributed by atoms with Crippen molar-refractivity contribution >= 4 is 23.2 Å². The zero-order valence-corrected chi connectivity index (χ0v) is 13.8. The molecule has 1 amide bonds. The van der Waals surface area contributed by atoms with Crippen molar-refractivity contribution in [1.29, 1.82) is 0 Å². The predicted molar refractivity (Wildman–Crippen MR) is 87.9 cm³/mol. The van der Waals surface area contributed by atoms with Gasteiger partial charge in [-0.25, -0.2) is 0 Å². The summed E-state index contributed by atoms with van der Waals surface area (Å²) in [5.41, 5.74) is 2.05. The minimum Gasteiger partial charge on any atom is -0.493 e. The summed E-state index contributed by atoms with van der Waals surface area (Å²) >= 11 is 5.22. The average molecular weight is 321 g/mol. The van der Waals surface area contributed by atoms with Crippen molar-refractivity contribution in [3.63, 3.8) is 0 Å². The molecule has 0 unspecified atom stereocenters. The number of carbonyl (C=O) groups excluding carboxylic acids is 1. The van der Waals surface area contributed by atoms with E-state index in [0.717, 1.165) is 5.56 Å². The van der Waals surface area contributed by atoms with Crippen molar-refractivity contribution in [3.8, 4) is 11.5 Å². The summed E-state index contributed by atoms with van der Waals surface area (Å²) in [5.74, 6) is 0.983. The Morgan fingerprint density at radius 1 is 1.32 bits per heavy atom. The van der Waals surface area contributed by atoms with E-state index in [1.165, 1.54) is 0 Å². The Morgan fingerprint density at radius 2 is 2.05 bits per heavy atom. The van der Waals surface area contributed by atoms with Crippen LogP contribution in [0.4, 0.5) is 0 Å². The number of hydrogen-bond donors (Lipinski definition) is 3. The number of methoxy groups -OCH3 is 2. The van der Waals surface area contributed by atoms with Gasteiger partial charge in [-0.3, -0.25) is 4.79 Å². The topological polar surface area (TPSA) is 71.6 Å². The lowest BCUT2D eigenvalue weighted by Crippen LogP contribution is -2.46. The van der Waals surface area contributed by atoms with Crippen LogP contribution in [-0.2, 0) is 4.79 Å². The maximum absolute atomic E-state index is 12.3. The van der Waals surface area contributed by atoms with Crippen LogP contribution < -0.4 is 25.4 Å². The summed E-state index contributed by atoms with van der Waals surface area (Å²) < 4.78 is 10.8. The summed E-state index contributed by atoms with van der Waals surface area (Å²) in [6.07, 6.45) is 0. The van der Waals surface area contributed by atoms with Crippen LogP contribution in [0.1, 0.15) is 18.5 Å². The second-order valence-electron chi connectivity index (χ2n) is 4.73. The van der Waals surface area contributed by atoms with Gasteiger partial charge in [0.2, 0.25) is 0 Å². The van der Waals surface area contributed by atoms with Crippen LogP contribution in [-0.4, -0.2) is 32.3 Å². The average Bonchev–Trinajstić information content (AvgIpc) is 2.52. The first-order valence-electron chi connectivity index (χ1n) is 6.74. The molecule has 0 radical (unpaired) electrons. The van der Waals surface area contributed by atoms with Gasteiger partial charge in [-0.1, -0.05) is 12.1 Å². The largest absolute Gasteiger partial charge is 0.493 e. The Labute approximate surface area is 134 Å². The van der Waals surface area contributed by atoms with Gasteiger partial charge in [0.25, 0.3) is 5.91 Å². The highest BCUT2D eigenvalue weighted by atomic mass is 32.1. The van der Waals surface area contributed by atoms with Gasteiger partial charge in [0.1, 0.15) is 0 Å². The molecule has 1 atom stereocenters. The van der Waals surface area contributed by atoms with Crippen molar-refractivity contribution in [2.45, 2.75) is 13.0 Å². The van der Waals surface area contributed by atoms with Crippen molar-refractivity contribution < 1.29 is 14.3 Å². The summed E-state index contributed by atoms with van der Waals surface area (Å²) in [7, 11) is 4.73. The Kier molecular flexibility index (Phi) is 4.87. The molecule has 1 aromatic carbocycles. The molecular weight excluding hydrogens is 302 g/mol. The first-order valence-corrected chi connectivity index (χ1v) is 7.15. The molecule has 118 valence electrons. The maximum atomic E-state index is 12.3. The van der Waals surface area contributed by atoms with Crippen LogP contribution in [0.25, 0.3) is 0 Å². The van der Waals surface area contributed by atoms with Gasteiger partial charge in [0.05, 0.1) is 25.8 Å². The number of benzene rings is 1. The van der Waals surface area contributed by atoms with Crippen LogP contribution in [0, 0.1) is 0 Å². The van der Waals surface area contributed by atoms with Crippen LogP contribution in [0.3, 0.4) is 0 Å². The third-order valence-electron chi connectivity index (χ3n) is 3.49. The number of amides is 1. The molecule has 6 nitrogen and oxygen atoms in total. The zero-order chi connectivity index (χ0) is 16.3. The van der Waals surface area contributed by atoms with Crippen LogP contribution in [0.2, 0.25) is 0 Å². The lowest BCUT2D eigenvalue weighted by atomic mass is 9.94. The van der Waals surface area contributed by atoms with E-state index in [-0.39, 0.29) is 5.91 Å². The second-order valence-corrected chi connectivity index (χ2v) is 5.14. The maximum Gasteiger partial charge on any atom is 0.251 e. The number of likely N-dealkylation sites (N-methyl/N-ethyl adjacent to an activating group) is 1. The molecule has 0 fully saturated rings. The lowest BCUT2D eigenvalue weighted by Gasteiger charge is -2.31. The first-order chi connectivity index (χ1) is 10.5. The fraction of sp³-hybridized carbons (Fsp3) is 0.333.